The predicted molar refractivity (Wildman–Crippen MR) is 81.0 cm³/mol. The van der Waals surface area contributed by atoms with E-state index in [9.17, 15) is 4.79 Å². The SMILES string of the molecule is COCC[NH2+][C@H](NC(=O)Cc1ccccc1)C(Cl)(Cl)Cl. The van der Waals surface area contributed by atoms with E-state index < -0.39 is 9.96 Å². The predicted octanol–water partition coefficient (Wildman–Crippen LogP) is 1.25. The molecule has 112 valence electrons. The van der Waals surface area contributed by atoms with Crippen molar-refractivity contribution in [3.05, 3.63) is 35.9 Å². The second kappa shape index (κ2) is 8.70. The molecule has 0 saturated heterocycles. The van der Waals surface area contributed by atoms with Gasteiger partial charge in [0.05, 0.1) is 13.0 Å². The van der Waals surface area contributed by atoms with Gasteiger partial charge < -0.3 is 15.4 Å². The quantitative estimate of drug-likeness (QED) is 0.446. The minimum atomic E-state index is -1.58. The van der Waals surface area contributed by atoms with Crippen LogP contribution in [0.3, 0.4) is 0 Å². The van der Waals surface area contributed by atoms with Crippen molar-refractivity contribution in [2.75, 3.05) is 20.3 Å². The Balaban J connectivity index is 2.53. The van der Waals surface area contributed by atoms with Crippen molar-refractivity contribution in [3.8, 4) is 0 Å². The number of quaternary nitrogens is 1. The van der Waals surface area contributed by atoms with E-state index >= 15 is 0 Å². The number of ether oxygens (including phenoxy) is 1. The van der Waals surface area contributed by atoms with Gasteiger partial charge in [0.15, 0.2) is 0 Å². The third kappa shape index (κ3) is 6.77. The Labute approximate surface area is 133 Å². The van der Waals surface area contributed by atoms with E-state index in [2.05, 4.69) is 5.32 Å². The monoisotopic (exact) mass is 339 g/mol. The molecule has 1 rings (SSSR count). The highest BCUT2D eigenvalue weighted by atomic mass is 35.6. The second-order valence-corrected chi connectivity index (χ2v) is 6.64. The maximum Gasteiger partial charge on any atom is 0.262 e. The van der Waals surface area contributed by atoms with Gasteiger partial charge >= 0.3 is 0 Å². The number of carbonyl (C=O) groups is 1. The number of alkyl halides is 3. The molecule has 3 N–H and O–H groups in total. The summed E-state index contributed by atoms with van der Waals surface area (Å²) in [6.45, 7) is 1.09. The molecule has 0 aromatic heterocycles. The minimum absolute atomic E-state index is 0.193. The van der Waals surface area contributed by atoms with Crippen LogP contribution in [0.1, 0.15) is 5.56 Å². The average Bonchev–Trinajstić information content (AvgIpc) is 2.38. The van der Waals surface area contributed by atoms with E-state index in [0.29, 0.717) is 13.2 Å². The molecular formula is C13H18Cl3N2O2+. The van der Waals surface area contributed by atoms with Crippen molar-refractivity contribution in [1.29, 1.82) is 0 Å². The zero-order valence-corrected chi connectivity index (χ0v) is 13.4. The Morgan fingerprint density at radius 3 is 2.55 bits per heavy atom. The largest absolute Gasteiger partial charge is 0.379 e. The van der Waals surface area contributed by atoms with Gasteiger partial charge in [0.25, 0.3) is 3.79 Å². The molecule has 0 saturated carbocycles. The number of carbonyl (C=O) groups excluding carboxylic acids is 1. The number of rotatable bonds is 7. The Bertz CT molecular complexity index is 410. The number of amides is 1. The van der Waals surface area contributed by atoms with E-state index in [4.69, 9.17) is 39.5 Å². The Hall–Kier alpha value is -0.520. The van der Waals surface area contributed by atoms with Gasteiger partial charge in [-0.2, -0.15) is 0 Å². The summed E-state index contributed by atoms with van der Waals surface area (Å²) in [7, 11) is 1.59. The summed E-state index contributed by atoms with van der Waals surface area (Å²) in [4.78, 5) is 12.0. The standard InChI is InChI=1S/C13H17Cl3N2O2/c1-20-8-7-17-12(13(14,15)16)18-11(19)9-10-5-3-2-4-6-10/h2-6,12,17H,7-9H2,1H3,(H,18,19)/p+1/t12-/m1/s1. The lowest BCUT2D eigenvalue weighted by Gasteiger charge is -2.23. The highest BCUT2D eigenvalue weighted by Gasteiger charge is 2.37. The number of hydrogen-bond acceptors (Lipinski definition) is 2. The van der Waals surface area contributed by atoms with Gasteiger partial charge in [-0.1, -0.05) is 65.1 Å². The molecule has 0 aliphatic carbocycles. The summed E-state index contributed by atoms with van der Waals surface area (Å²) < 4.78 is 3.35. The molecule has 0 unspecified atom stereocenters. The van der Waals surface area contributed by atoms with Crippen molar-refractivity contribution in [1.82, 2.24) is 5.32 Å². The highest BCUT2D eigenvalue weighted by molar-refractivity contribution is 6.68. The van der Waals surface area contributed by atoms with Crippen LogP contribution in [0.4, 0.5) is 0 Å². The van der Waals surface area contributed by atoms with E-state index in [1.165, 1.54) is 0 Å². The first kappa shape index (κ1) is 17.5. The lowest BCUT2D eigenvalue weighted by molar-refractivity contribution is -0.693. The van der Waals surface area contributed by atoms with Crippen LogP contribution in [-0.2, 0) is 16.0 Å². The van der Waals surface area contributed by atoms with Crippen molar-refractivity contribution < 1.29 is 14.8 Å². The van der Waals surface area contributed by atoms with Crippen LogP contribution in [0.5, 0.6) is 0 Å². The maximum absolute atomic E-state index is 12.0. The minimum Gasteiger partial charge on any atom is -0.379 e. The van der Waals surface area contributed by atoms with Crippen LogP contribution in [-0.4, -0.2) is 36.1 Å². The van der Waals surface area contributed by atoms with E-state index in [-0.39, 0.29) is 12.3 Å². The first-order valence-electron chi connectivity index (χ1n) is 6.15. The van der Waals surface area contributed by atoms with Gasteiger partial charge in [0, 0.05) is 7.11 Å². The average molecular weight is 341 g/mol. The third-order valence-electron chi connectivity index (χ3n) is 2.60. The van der Waals surface area contributed by atoms with Gasteiger partial charge in [0.1, 0.15) is 6.54 Å². The number of hydrogen-bond donors (Lipinski definition) is 2. The Morgan fingerprint density at radius 1 is 1.35 bits per heavy atom. The van der Waals surface area contributed by atoms with Crippen LogP contribution in [0, 0.1) is 0 Å². The molecule has 0 heterocycles. The molecule has 0 fully saturated rings. The van der Waals surface area contributed by atoms with Crippen LogP contribution >= 0.6 is 34.8 Å². The third-order valence-corrected chi connectivity index (χ3v) is 3.31. The first-order chi connectivity index (χ1) is 9.43. The van der Waals surface area contributed by atoms with E-state index in [1.807, 2.05) is 30.3 Å². The molecule has 0 bridgehead atoms. The fraction of sp³-hybridized carbons (Fsp3) is 0.462. The molecule has 20 heavy (non-hydrogen) atoms. The summed E-state index contributed by atoms with van der Waals surface area (Å²) in [5.74, 6) is -0.193. The zero-order valence-electron chi connectivity index (χ0n) is 11.1. The number of benzene rings is 1. The van der Waals surface area contributed by atoms with Crippen molar-refractivity contribution in [3.63, 3.8) is 0 Å². The summed E-state index contributed by atoms with van der Waals surface area (Å²) in [5, 5.41) is 4.45. The summed E-state index contributed by atoms with van der Waals surface area (Å²) in [6, 6.07) is 9.39. The second-order valence-electron chi connectivity index (χ2n) is 4.27. The van der Waals surface area contributed by atoms with E-state index in [0.717, 1.165) is 5.56 Å². The lowest BCUT2D eigenvalue weighted by Crippen LogP contribution is -2.97. The summed E-state index contributed by atoms with van der Waals surface area (Å²) in [6.07, 6.45) is -0.408. The fourth-order valence-electron chi connectivity index (χ4n) is 1.63. The molecule has 0 spiro atoms. The van der Waals surface area contributed by atoms with Gasteiger partial charge in [0.2, 0.25) is 12.1 Å². The van der Waals surface area contributed by atoms with Crippen LogP contribution in [0.2, 0.25) is 0 Å². The number of nitrogens with two attached hydrogens (primary N) is 1. The Morgan fingerprint density at radius 2 is 2.00 bits per heavy atom. The summed E-state index contributed by atoms with van der Waals surface area (Å²) >= 11 is 17.6. The smallest absolute Gasteiger partial charge is 0.262 e. The number of halogens is 3. The first-order valence-corrected chi connectivity index (χ1v) is 7.29. The molecule has 0 aliphatic heterocycles. The molecule has 4 nitrogen and oxygen atoms in total. The normalized spacial score (nSPS) is 13.0. The van der Waals surface area contributed by atoms with Crippen LogP contribution < -0.4 is 10.6 Å². The van der Waals surface area contributed by atoms with Crippen molar-refractivity contribution >= 4 is 40.7 Å². The van der Waals surface area contributed by atoms with Gasteiger partial charge in [-0.05, 0) is 5.56 Å². The van der Waals surface area contributed by atoms with Crippen LogP contribution in [0.25, 0.3) is 0 Å². The highest BCUT2D eigenvalue weighted by Crippen LogP contribution is 2.27. The molecule has 7 heteroatoms. The zero-order chi connectivity index (χ0) is 15.0. The maximum atomic E-state index is 12.0. The van der Waals surface area contributed by atoms with E-state index in [1.54, 1.807) is 12.4 Å². The summed E-state index contributed by atoms with van der Waals surface area (Å²) in [5.41, 5.74) is 0.907. The van der Waals surface area contributed by atoms with Gasteiger partial charge in [-0.3, -0.25) is 4.79 Å². The molecule has 1 amide bonds. The molecule has 1 aromatic rings. The lowest BCUT2D eigenvalue weighted by atomic mass is 10.1. The van der Waals surface area contributed by atoms with Crippen molar-refractivity contribution in [2.45, 2.75) is 16.4 Å². The number of methoxy groups -OCH3 is 1. The van der Waals surface area contributed by atoms with Gasteiger partial charge in [-0.25, -0.2) is 0 Å². The topological polar surface area (TPSA) is 54.9 Å². The number of nitrogens with one attached hydrogen (secondary N) is 1. The molecule has 0 radical (unpaired) electrons. The van der Waals surface area contributed by atoms with Crippen molar-refractivity contribution in [2.24, 2.45) is 0 Å². The molecule has 1 atom stereocenters. The Kier molecular flexibility index (Phi) is 7.62. The molecular weight excluding hydrogens is 323 g/mol. The fourth-order valence-corrected chi connectivity index (χ4v) is 2.06. The van der Waals surface area contributed by atoms with Crippen LogP contribution in [0.15, 0.2) is 30.3 Å². The molecule has 1 aromatic carbocycles. The molecule has 0 aliphatic rings. The van der Waals surface area contributed by atoms with Gasteiger partial charge in [-0.15, -0.1) is 0 Å².